The fraction of sp³-hybridized carbons (Fsp3) is 0.316. The second-order valence-corrected chi connectivity index (χ2v) is 7.79. The Labute approximate surface area is 166 Å². The van der Waals surface area contributed by atoms with Crippen molar-refractivity contribution in [1.82, 2.24) is 0 Å². The third-order valence-corrected chi connectivity index (χ3v) is 5.48. The van der Waals surface area contributed by atoms with E-state index in [9.17, 15) is 13.6 Å². The van der Waals surface area contributed by atoms with Crippen LogP contribution in [0.4, 0.5) is 20.2 Å². The maximum atomic E-state index is 12.3. The Hall–Kier alpha value is -1.83. The quantitative estimate of drug-likeness (QED) is 0.716. The van der Waals surface area contributed by atoms with Crippen LogP contribution in [0.5, 0.6) is 0 Å². The molecule has 1 amide bonds. The lowest BCUT2D eigenvalue weighted by Crippen LogP contribution is -3.15. The summed E-state index contributed by atoms with van der Waals surface area (Å²) in [7, 11) is 0. The van der Waals surface area contributed by atoms with Gasteiger partial charge >= 0.3 is 0 Å². The van der Waals surface area contributed by atoms with Gasteiger partial charge in [-0.1, -0.05) is 35.5 Å². The maximum Gasteiger partial charge on any atom is 0.288 e. The lowest BCUT2D eigenvalue weighted by atomic mass is 10.2. The monoisotopic (exact) mass is 412 g/mol. The molecule has 1 saturated heterocycles. The van der Waals surface area contributed by atoms with Crippen molar-refractivity contribution >= 4 is 40.6 Å². The summed E-state index contributed by atoms with van der Waals surface area (Å²) in [6, 6.07) is 14.2. The molecule has 0 atom stereocenters. The van der Waals surface area contributed by atoms with Gasteiger partial charge in [-0.3, -0.25) is 4.79 Å². The normalized spacial score (nSPS) is 15.2. The summed E-state index contributed by atoms with van der Waals surface area (Å²) in [6.45, 7) is 3.76. The molecule has 0 saturated carbocycles. The molecule has 0 aliphatic carbocycles. The van der Waals surface area contributed by atoms with Crippen LogP contribution in [0.15, 0.2) is 53.4 Å². The molecule has 0 bridgehead atoms. The highest BCUT2D eigenvalue weighted by Crippen LogP contribution is 2.26. The highest BCUT2D eigenvalue weighted by atomic mass is 35.5. The first kappa shape index (κ1) is 19.9. The average Bonchev–Trinajstić information content (AvgIpc) is 2.64. The largest absolute Gasteiger partial charge is 0.359 e. The van der Waals surface area contributed by atoms with E-state index in [0.29, 0.717) is 28.9 Å². The van der Waals surface area contributed by atoms with Crippen LogP contribution in [0.3, 0.4) is 0 Å². The van der Waals surface area contributed by atoms with Gasteiger partial charge in [0.05, 0.1) is 36.9 Å². The van der Waals surface area contributed by atoms with E-state index >= 15 is 0 Å². The number of piperazine rings is 1. The van der Waals surface area contributed by atoms with Crippen molar-refractivity contribution in [1.29, 1.82) is 0 Å². The summed E-state index contributed by atoms with van der Waals surface area (Å²) in [5.41, 5.74) is 1.65. The van der Waals surface area contributed by atoms with E-state index in [1.165, 1.54) is 4.90 Å². The number of nitrogens with one attached hydrogen (secondary N) is 2. The number of carbonyl (C=O) groups is 1. The third kappa shape index (κ3) is 5.82. The van der Waals surface area contributed by atoms with Gasteiger partial charge in [-0.2, -0.15) is 8.78 Å². The number of hydrogen-bond donors (Lipinski definition) is 2. The van der Waals surface area contributed by atoms with Crippen molar-refractivity contribution in [3.05, 3.63) is 53.6 Å². The zero-order chi connectivity index (χ0) is 19.2. The number of quaternary nitrogens is 1. The fourth-order valence-electron chi connectivity index (χ4n) is 3.10. The van der Waals surface area contributed by atoms with Crippen molar-refractivity contribution in [2.75, 3.05) is 42.9 Å². The molecule has 0 aromatic heterocycles. The van der Waals surface area contributed by atoms with Crippen molar-refractivity contribution in [2.45, 2.75) is 10.7 Å². The molecule has 3 rings (SSSR count). The molecular weight excluding hydrogens is 392 g/mol. The summed E-state index contributed by atoms with van der Waals surface area (Å²) >= 11 is 6.74. The standard InChI is InChI=1S/C19H20ClF2N3OS/c20-16-3-1-2-4-17(16)25-11-9-24(10-12-25)13-18(26)23-14-5-7-15(8-6-14)27-19(21)22/h1-8,19H,9-13H2,(H,23,26)/p+1. The van der Waals surface area contributed by atoms with Gasteiger partial charge in [0, 0.05) is 10.6 Å². The zero-order valence-electron chi connectivity index (χ0n) is 14.6. The third-order valence-electron chi connectivity index (χ3n) is 4.44. The minimum absolute atomic E-state index is 0.0783. The molecule has 0 unspecified atom stereocenters. The van der Waals surface area contributed by atoms with Gasteiger partial charge in [0.25, 0.3) is 11.7 Å². The van der Waals surface area contributed by atoms with Crippen molar-refractivity contribution in [3.63, 3.8) is 0 Å². The number of benzene rings is 2. The Kier molecular flexibility index (Phi) is 6.93. The number of thioether (sulfide) groups is 1. The maximum absolute atomic E-state index is 12.3. The van der Waals surface area contributed by atoms with E-state index in [4.69, 9.17) is 11.6 Å². The highest BCUT2D eigenvalue weighted by molar-refractivity contribution is 7.99. The topological polar surface area (TPSA) is 36.8 Å². The van der Waals surface area contributed by atoms with Crippen LogP contribution >= 0.6 is 23.4 Å². The predicted octanol–water partition coefficient (Wildman–Crippen LogP) is 3.00. The summed E-state index contributed by atoms with van der Waals surface area (Å²) in [6.07, 6.45) is 0. The molecule has 144 valence electrons. The van der Waals surface area contributed by atoms with Gasteiger partial charge in [-0.05, 0) is 36.4 Å². The Morgan fingerprint density at radius 3 is 2.44 bits per heavy atom. The van der Waals surface area contributed by atoms with Gasteiger partial charge in [-0.15, -0.1) is 0 Å². The SMILES string of the molecule is O=C(C[NH+]1CCN(c2ccccc2Cl)CC1)Nc1ccc(SC(F)F)cc1. The van der Waals surface area contributed by atoms with Gasteiger partial charge in [0.15, 0.2) is 6.54 Å². The van der Waals surface area contributed by atoms with E-state index in [-0.39, 0.29) is 5.91 Å². The minimum atomic E-state index is -2.45. The van der Waals surface area contributed by atoms with E-state index < -0.39 is 5.76 Å². The number of carbonyl (C=O) groups excluding carboxylic acids is 1. The van der Waals surface area contributed by atoms with Crippen molar-refractivity contribution < 1.29 is 18.5 Å². The Balaban J connectivity index is 1.46. The molecule has 27 heavy (non-hydrogen) atoms. The van der Waals surface area contributed by atoms with E-state index in [0.717, 1.165) is 36.9 Å². The summed E-state index contributed by atoms with van der Waals surface area (Å²) in [5.74, 6) is -2.52. The Morgan fingerprint density at radius 2 is 1.81 bits per heavy atom. The number of alkyl halides is 2. The van der Waals surface area contributed by atoms with Crippen LogP contribution < -0.4 is 15.1 Å². The second-order valence-electron chi connectivity index (χ2n) is 6.32. The molecule has 1 aliphatic heterocycles. The molecule has 8 heteroatoms. The lowest BCUT2D eigenvalue weighted by molar-refractivity contribution is -0.892. The number of amides is 1. The average molecular weight is 413 g/mol. The molecule has 2 aromatic carbocycles. The fourth-order valence-corrected chi connectivity index (χ4v) is 3.85. The number of para-hydroxylation sites is 1. The Bertz CT molecular complexity index is 768. The van der Waals surface area contributed by atoms with E-state index in [2.05, 4.69) is 10.2 Å². The van der Waals surface area contributed by atoms with Gasteiger partial charge in [0.2, 0.25) is 0 Å². The van der Waals surface area contributed by atoms with Gasteiger partial charge in [-0.25, -0.2) is 0 Å². The van der Waals surface area contributed by atoms with Gasteiger partial charge in [0.1, 0.15) is 0 Å². The second kappa shape index (κ2) is 9.39. The lowest BCUT2D eigenvalue weighted by Gasteiger charge is -2.33. The van der Waals surface area contributed by atoms with Gasteiger partial charge < -0.3 is 15.1 Å². The first-order valence-electron chi connectivity index (χ1n) is 8.69. The van der Waals surface area contributed by atoms with E-state index in [1.807, 2.05) is 24.3 Å². The molecule has 1 aliphatic rings. The number of rotatable bonds is 6. The number of anilines is 2. The first-order chi connectivity index (χ1) is 13.0. The molecule has 1 fully saturated rings. The summed E-state index contributed by atoms with van der Waals surface area (Å²) in [5, 5.41) is 3.57. The predicted molar refractivity (Wildman–Crippen MR) is 106 cm³/mol. The van der Waals surface area contributed by atoms with Crippen LogP contribution in [0, 0.1) is 0 Å². The number of hydrogen-bond acceptors (Lipinski definition) is 3. The molecule has 2 N–H and O–H groups in total. The molecule has 1 heterocycles. The number of nitrogens with zero attached hydrogens (tertiary/aromatic N) is 1. The van der Waals surface area contributed by atoms with Crippen LogP contribution in [0.1, 0.15) is 0 Å². The minimum Gasteiger partial charge on any atom is -0.359 e. The zero-order valence-corrected chi connectivity index (χ0v) is 16.2. The summed E-state index contributed by atoms with van der Waals surface area (Å²) in [4.78, 5) is 16.2. The smallest absolute Gasteiger partial charge is 0.288 e. The molecule has 2 aromatic rings. The molecule has 0 spiro atoms. The molecule has 4 nitrogen and oxygen atoms in total. The van der Waals surface area contributed by atoms with Crippen LogP contribution in [-0.4, -0.2) is 44.4 Å². The van der Waals surface area contributed by atoms with Crippen molar-refractivity contribution in [2.24, 2.45) is 0 Å². The molecular formula is C19H21ClF2N3OS+. The Morgan fingerprint density at radius 1 is 1.15 bits per heavy atom. The van der Waals surface area contributed by atoms with E-state index in [1.54, 1.807) is 24.3 Å². The number of halogens is 3. The van der Waals surface area contributed by atoms with Crippen LogP contribution in [0.2, 0.25) is 5.02 Å². The van der Waals surface area contributed by atoms with Crippen molar-refractivity contribution in [3.8, 4) is 0 Å². The summed E-state index contributed by atoms with van der Waals surface area (Å²) < 4.78 is 24.7. The van der Waals surface area contributed by atoms with Crippen LogP contribution in [0.25, 0.3) is 0 Å². The van der Waals surface area contributed by atoms with Crippen LogP contribution in [-0.2, 0) is 4.79 Å². The highest BCUT2D eigenvalue weighted by Gasteiger charge is 2.23. The first-order valence-corrected chi connectivity index (χ1v) is 9.95. The molecule has 0 radical (unpaired) electrons.